The van der Waals surface area contributed by atoms with Crippen molar-refractivity contribution in [2.45, 2.75) is 50.3 Å². The van der Waals surface area contributed by atoms with E-state index >= 15 is 0 Å². The SMILES string of the molecule is CCN(CC)C(C)Sc1nnc(NC(=O)c2ccc(C(C)C)cc2)s1. The van der Waals surface area contributed by atoms with Crippen molar-refractivity contribution in [3.8, 4) is 0 Å². The number of hydrogen-bond acceptors (Lipinski definition) is 6. The number of carbonyl (C=O) groups excluding carboxylic acids is 1. The molecule has 0 saturated carbocycles. The summed E-state index contributed by atoms with van der Waals surface area (Å²) in [5.41, 5.74) is 1.85. The smallest absolute Gasteiger partial charge is 0.257 e. The second kappa shape index (κ2) is 9.31. The summed E-state index contributed by atoms with van der Waals surface area (Å²) in [6.45, 7) is 12.7. The normalized spacial score (nSPS) is 12.6. The summed E-state index contributed by atoms with van der Waals surface area (Å²) in [4.78, 5) is 14.7. The van der Waals surface area contributed by atoms with Gasteiger partial charge in [-0.25, -0.2) is 0 Å². The number of aromatic nitrogens is 2. The van der Waals surface area contributed by atoms with Crippen molar-refractivity contribution in [3.63, 3.8) is 0 Å². The van der Waals surface area contributed by atoms with Gasteiger partial charge in [0.05, 0.1) is 5.37 Å². The summed E-state index contributed by atoms with van der Waals surface area (Å²) in [6.07, 6.45) is 0. The van der Waals surface area contributed by atoms with Crippen LogP contribution in [0.5, 0.6) is 0 Å². The Morgan fingerprint density at radius 1 is 1.16 bits per heavy atom. The molecule has 1 aromatic carbocycles. The van der Waals surface area contributed by atoms with Crippen LogP contribution < -0.4 is 5.32 Å². The highest BCUT2D eigenvalue weighted by molar-refractivity contribution is 8.01. The minimum absolute atomic E-state index is 0.153. The maximum atomic E-state index is 12.3. The van der Waals surface area contributed by atoms with Crippen LogP contribution in [0.25, 0.3) is 0 Å². The fourth-order valence-corrected chi connectivity index (χ4v) is 4.60. The summed E-state index contributed by atoms with van der Waals surface area (Å²) in [7, 11) is 0. The molecule has 5 nitrogen and oxygen atoms in total. The summed E-state index contributed by atoms with van der Waals surface area (Å²) < 4.78 is 0.866. The van der Waals surface area contributed by atoms with E-state index in [2.05, 4.69) is 55.0 Å². The van der Waals surface area contributed by atoms with Gasteiger partial charge in [-0.15, -0.1) is 10.2 Å². The van der Waals surface area contributed by atoms with Crippen LogP contribution in [0.1, 0.15) is 56.5 Å². The number of carbonyl (C=O) groups is 1. The van der Waals surface area contributed by atoms with Crippen LogP contribution in [0.3, 0.4) is 0 Å². The van der Waals surface area contributed by atoms with Gasteiger partial charge in [-0.05, 0) is 43.6 Å². The molecule has 2 rings (SSSR count). The van der Waals surface area contributed by atoms with E-state index in [0.29, 0.717) is 22.0 Å². The Hall–Kier alpha value is -1.44. The molecule has 0 aliphatic carbocycles. The Morgan fingerprint density at radius 2 is 1.80 bits per heavy atom. The van der Waals surface area contributed by atoms with Crippen LogP contribution >= 0.6 is 23.1 Å². The van der Waals surface area contributed by atoms with Crippen molar-refractivity contribution in [2.24, 2.45) is 0 Å². The number of amides is 1. The number of rotatable bonds is 8. The molecule has 0 radical (unpaired) electrons. The standard InChI is InChI=1S/C18H26N4OS2/c1-6-22(7-2)13(5)24-18-21-20-17(25-18)19-16(23)15-10-8-14(9-11-15)12(3)4/h8-13H,6-7H2,1-5H3,(H,19,20,23). The molecule has 0 fully saturated rings. The Labute approximate surface area is 158 Å². The minimum atomic E-state index is -0.153. The zero-order chi connectivity index (χ0) is 18.4. The van der Waals surface area contributed by atoms with Gasteiger partial charge < -0.3 is 0 Å². The molecule has 136 valence electrons. The van der Waals surface area contributed by atoms with E-state index < -0.39 is 0 Å². The van der Waals surface area contributed by atoms with Crippen molar-refractivity contribution >= 4 is 34.1 Å². The lowest BCUT2D eigenvalue weighted by atomic mass is 10.0. The Balaban J connectivity index is 1.97. The summed E-state index contributed by atoms with van der Waals surface area (Å²) >= 11 is 3.08. The van der Waals surface area contributed by atoms with E-state index in [9.17, 15) is 4.79 Å². The molecule has 1 amide bonds. The number of hydrogen-bond donors (Lipinski definition) is 1. The number of benzene rings is 1. The van der Waals surface area contributed by atoms with E-state index in [1.54, 1.807) is 11.8 Å². The fraction of sp³-hybridized carbons (Fsp3) is 0.500. The Kier molecular flexibility index (Phi) is 7.40. The second-order valence-corrected chi connectivity index (χ2v) is 8.58. The van der Waals surface area contributed by atoms with Gasteiger partial charge in [-0.3, -0.25) is 15.0 Å². The molecule has 0 bridgehead atoms. The summed E-state index contributed by atoms with van der Waals surface area (Å²) in [5, 5.41) is 12.0. The van der Waals surface area contributed by atoms with E-state index in [1.165, 1.54) is 16.9 Å². The van der Waals surface area contributed by atoms with E-state index in [-0.39, 0.29) is 5.91 Å². The predicted octanol–water partition coefficient (Wildman–Crippen LogP) is 4.69. The Bertz CT molecular complexity index is 681. The lowest BCUT2D eigenvalue weighted by molar-refractivity contribution is 0.102. The van der Waals surface area contributed by atoms with Gasteiger partial charge in [0, 0.05) is 5.56 Å². The number of thioether (sulfide) groups is 1. The molecule has 25 heavy (non-hydrogen) atoms. The molecule has 0 aliphatic rings. The first-order valence-corrected chi connectivity index (χ1v) is 10.3. The van der Waals surface area contributed by atoms with Gasteiger partial charge in [0.2, 0.25) is 5.13 Å². The summed E-state index contributed by atoms with van der Waals surface area (Å²) in [6, 6.07) is 7.69. The molecule has 1 N–H and O–H groups in total. The molecule has 1 aromatic heterocycles. The second-order valence-electron chi connectivity index (χ2n) is 6.04. The molecule has 7 heteroatoms. The van der Waals surface area contributed by atoms with Gasteiger partial charge >= 0.3 is 0 Å². The maximum Gasteiger partial charge on any atom is 0.257 e. The highest BCUT2D eigenvalue weighted by Gasteiger charge is 2.16. The molecule has 0 aliphatic heterocycles. The zero-order valence-corrected chi connectivity index (χ0v) is 17.1. The molecular weight excluding hydrogens is 352 g/mol. The fourth-order valence-electron chi connectivity index (χ4n) is 2.45. The molecule has 0 saturated heterocycles. The third-order valence-corrected chi connectivity index (χ3v) is 6.16. The first-order valence-electron chi connectivity index (χ1n) is 8.60. The van der Waals surface area contributed by atoms with Crippen LogP contribution in [0.15, 0.2) is 28.6 Å². The number of nitrogens with zero attached hydrogens (tertiary/aromatic N) is 3. The average molecular weight is 379 g/mol. The van der Waals surface area contributed by atoms with Gasteiger partial charge in [-0.1, -0.05) is 62.9 Å². The average Bonchev–Trinajstić information content (AvgIpc) is 3.02. The van der Waals surface area contributed by atoms with Gasteiger partial charge in [0.1, 0.15) is 0 Å². The third kappa shape index (κ3) is 5.52. The third-order valence-electron chi connectivity index (χ3n) is 4.06. The minimum Gasteiger partial charge on any atom is -0.296 e. The monoisotopic (exact) mass is 378 g/mol. The van der Waals surface area contributed by atoms with Crippen molar-refractivity contribution in [2.75, 3.05) is 18.4 Å². The van der Waals surface area contributed by atoms with E-state index in [4.69, 9.17) is 0 Å². The predicted molar refractivity (Wildman–Crippen MR) is 107 cm³/mol. The Morgan fingerprint density at radius 3 is 2.36 bits per heavy atom. The van der Waals surface area contributed by atoms with E-state index in [1.807, 2.05) is 24.3 Å². The van der Waals surface area contributed by atoms with Gasteiger partial charge in [-0.2, -0.15) is 0 Å². The maximum absolute atomic E-state index is 12.3. The van der Waals surface area contributed by atoms with Crippen LogP contribution in [-0.2, 0) is 0 Å². The molecule has 1 heterocycles. The van der Waals surface area contributed by atoms with Crippen molar-refractivity contribution in [1.29, 1.82) is 0 Å². The van der Waals surface area contributed by atoms with Crippen molar-refractivity contribution in [1.82, 2.24) is 15.1 Å². The van der Waals surface area contributed by atoms with Gasteiger partial charge in [0.25, 0.3) is 5.91 Å². The van der Waals surface area contributed by atoms with Crippen LogP contribution in [0, 0.1) is 0 Å². The first kappa shape index (κ1) is 19.9. The molecule has 1 unspecified atom stereocenters. The lowest BCUT2D eigenvalue weighted by Crippen LogP contribution is -2.30. The highest BCUT2D eigenvalue weighted by Crippen LogP contribution is 2.30. The van der Waals surface area contributed by atoms with Crippen molar-refractivity contribution < 1.29 is 4.79 Å². The molecule has 2 aromatic rings. The van der Waals surface area contributed by atoms with Crippen LogP contribution in [0.4, 0.5) is 5.13 Å². The summed E-state index contributed by atoms with van der Waals surface area (Å²) in [5.74, 6) is 0.299. The first-order chi connectivity index (χ1) is 11.9. The van der Waals surface area contributed by atoms with E-state index in [0.717, 1.165) is 17.4 Å². The highest BCUT2D eigenvalue weighted by atomic mass is 32.2. The van der Waals surface area contributed by atoms with Crippen LogP contribution in [-0.4, -0.2) is 39.5 Å². The van der Waals surface area contributed by atoms with Crippen molar-refractivity contribution in [3.05, 3.63) is 35.4 Å². The molecular formula is C18H26N4OS2. The zero-order valence-electron chi connectivity index (χ0n) is 15.4. The number of nitrogens with one attached hydrogen (secondary N) is 1. The van der Waals surface area contributed by atoms with Crippen LogP contribution in [0.2, 0.25) is 0 Å². The number of anilines is 1. The lowest BCUT2D eigenvalue weighted by Gasteiger charge is -2.24. The molecule has 1 atom stereocenters. The topological polar surface area (TPSA) is 58.1 Å². The largest absolute Gasteiger partial charge is 0.296 e. The molecule has 0 spiro atoms. The quantitative estimate of drug-likeness (QED) is 0.410. The van der Waals surface area contributed by atoms with Gasteiger partial charge in [0.15, 0.2) is 4.34 Å².